The summed E-state index contributed by atoms with van der Waals surface area (Å²) in [5.74, 6) is -0.742. The number of carboxylic acid groups (broad SMARTS) is 1. The molecule has 2 N–H and O–H groups in total. The maximum atomic E-state index is 12.4. The minimum Gasteiger partial charge on any atom is -0.504 e. The molecule has 1 aromatic carbocycles. The van der Waals surface area contributed by atoms with Gasteiger partial charge in [0, 0.05) is 19.5 Å². The lowest BCUT2D eigenvalue weighted by Crippen LogP contribution is -2.28. The number of carboxylic acids is 1. The molecule has 6 nitrogen and oxygen atoms in total. The molecule has 1 aliphatic heterocycles. The van der Waals surface area contributed by atoms with Crippen LogP contribution in [0.4, 0.5) is 0 Å². The molecule has 1 atom stereocenters. The Morgan fingerprint density at radius 1 is 1.43 bits per heavy atom. The first-order valence-electron chi connectivity index (χ1n) is 6.90. The number of carbonyl (C=O) groups excluding carboxylic acids is 1. The number of aliphatic carboxylic acids is 1. The van der Waals surface area contributed by atoms with E-state index in [4.69, 9.17) is 9.84 Å². The Morgan fingerprint density at radius 3 is 2.86 bits per heavy atom. The van der Waals surface area contributed by atoms with Crippen LogP contribution in [0, 0.1) is 5.92 Å². The highest BCUT2D eigenvalue weighted by Gasteiger charge is 2.29. The van der Waals surface area contributed by atoms with Crippen molar-refractivity contribution < 1.29 is 24.5 Å². The average Bonchev–Trinajstić information content (AvgIpc) is 2.93. The van der Waals surface area contributed by atoms with E-state index in [9.17, 15) is 14.7 Å². The van der Waals surface area contributed by atoms with Gasteiger partial charge < -0.3 is 19.8 Å². The molecule has 1 unspecified atom stereocenters. The van der Waals surface area contributed by atoms with Crippen LogP contribution in [-0.4, -0.2) is 47.2 Å². The molecule has 1 fully saturated rings. The molecule has 0 spiro atoms. The predicted octanol–water partition coefficient (Wildman–Crippen LogP) is 1.73. The number of carbonyl (C=O) groups is 2. The van der Waals surface area contributed by atoms with Crippen molar-refractivity contribution in [1.82, 2.24) is 4.90 Å². The minimum absolute atomic E-state index is 0.122. The quantitative estimate of drug-likeness (QED) is 0.863. The van der Waals surface area contributed by atoms with Crippen LogP contribution in [0.1, 0.15) is 29.6 Å². The second-order valence-corrected chi connectivity index (χ2v) is 5.19. The lowest BCUT2D eigenvalue weighted by molar-refractivity contribution is -0.137. The van der Waals surface area contributed by atoms with Gasteiger partial charge in [0.2, 0.25) is 0 Å². The average molecular weight is 293 g/mol. The van der Waals surface area contributed by atoms with E-state index in [1.807, 2.05) is 0 Å². The van der Waals surface area contributed by atoms with Gasteiger partial charge in [0.15, 0.2) is 11.5 Å². The first kappa shape index (κ1) is 15.2. The SMILES string of the molecule is COc1cccc(C(=O)N2CCC(CCC(=O)O)C2)c1O. The lowest BCUT2D eigenvalue weighted by atomic mass is 10.0. The Bertz CT molecular complexity index is 543. The number of ether oxygens (including phenoxy) is 1. The zero-order valence-corrected chi connectivity index (χ0v) is 11.9. The molecule has 0 radical (unpaired) electrons. The number of nitrogens with zero attached hydrogens (tertiary/aromatic N) is 1. The van der Waals surface area contributed by atoms with Crippen molar-refractivity contribution in [3.63, 3.8) is 0 Å². The van der Waals surface area contributed by atoms with Crippen LogP contribution in [-0.2, 0) is 4.79 Å². The predicted molar refractivity (Wildman–Crippen MR) is 75.5 cm³/mol. The number of methoxy groups -OCH3 is 1. The maximum absolute atomic E-state index is 12.4. The van der Waals surface area contributed by atoms with Crippen molar-refractivity contribution in [2.24, 2.45) is 5.92 Å². The van der Waals surface area contributed by atoms with E-state index in [1.165, 1.54) is 7.11 Å². The summed E-state index contributed by atoms with van der Waals surface area (Å²) < 4.78 is 5.00. The number of aromatic hydroxyl groups is 1. The first-order chi connectivity index (χ1) is 10.0. The van der Waals surface area contributed by atoms with Gasteiger partial charge in [0.25, 0.3) is 5.91 Å². The van der Waals surface area contributed by atoms with E-state index in [-0.39, 0.29) is 35.3 Å². The van der Waals surface area contributed by atoms with Gasteiger partial charge in [-0.25, -0.2) is 0 Å². The van der Waals surface area contributed by atoms with Crippen molar-refractivity contribution in [2.75, 3.05) is 20.2 Å². The van der Waals surface area contributed by atoms with Gasteiger partial charge in [0.05, 0.1) is 12.7 Å². The molecular weight excluding hydrogens is 274 g/mol. The maximum Gasteiger partial charge on any atom is 0.303 e. The first-order valence-corrected chi connectivity index (χ1v) is 6.90. The van der Waals surface area contributed by atoms with Crippen LogP contribution < -0.4 is 4.74 Å². The van der Waals surface area contributed by atoms with Gasteiger partial charge in [-0.05, 0) is 30.9 Å². The molecule has 0 bridgehead atoms. The van der Waals surface area contributed by atoms with Crippen LogP contribution in [0.5, 0.6) is 11.5 Å². The zero-order chi connectivity index (χ0) is 15.4. The van der Waals surface area contributed by atoms with Gasteiger partial charge in [-0.3, -0.25) is 9.59 Å². The molecule has 1 aliphatic rings. The molecule has 6 heteroatoms. The third kappa shape index (κ3) is 3.45. The second kappa shape index (κ2) is 6.47. The monoisotopic (exact) mass is 293 g/mol. The summed E-state index contributed by atoms with van der Waals surface area (Å²) in [6, 6.07) is 4.81. The smallest absolute Gasteiger partial charge is 0.303 e. The highest BCUT2D eigenvalue weighted by Crippen LogP contribution is 2.31. The summed E-state index contributed by atoms with van der Waals surface area (Å²) in [5.41, 5.74) is 0.216. The van der Waals surface area contributed by atoms with Crippen molar-refractivity contribution in [3.05, 3.63) is 23.8 Å². The van der Waals surface area contributed by atoms with Crippen molar-refractivity contribution in [2.45, 2.75) is 19.3 Å². The Balaban J connectivity index is 2.03. The van der Waals surface area contributed by atoms with Crippen molar-refractivity contribution >= 4 is 11.9 Å². The lowest BCUT2D eigenvalue weighted by Gasteiger charge is -2.18. The van der Waals surface area contributed by atoms with Crippen molar-refractivity contribution in [1.29, 1.82) is 0 Å². The summed E-state index contributed by atoms with van der Waals surface area (Å²) in [6.45, 7) is 1.11. The normalized spacial score (nSPS) is 17.8. The van der Waals surface area contributed by atoms with Gasteiger partial charge in [-0.2, -0.15) is 0 Å². The number of phenols is 1. The minimum atomic E-state index is -0.815. The number of hydrogen-bond acceptors (Lipinski definition) is 4. The summed E-state index contributed by atoms with van der Waals surface area (Å²) in [6.07, 6.45) is 1.49. The topological polar surface area (TPSA) is 87.1 Å². The van der Waals surface area contributed by atoms with Crippen LogP contribution in [0.15, 0.2) is 18.2 Å². The van der Waals surface area contributed by atoms with Gasteiger partial charge in [-0.15, -0.1) is 0 Å². The Kier molecular flexibility index (Phi) is 4.67. The van der Waals surface area contributed by atoms with Crippen LogP contribution in [0.3, 0.4) is 0 Å². The van der Waals surface area contributed by atoms with E-state index >= 15 is 0 Å². The van der Waals surface area contributed by atoms with Crippen LogP contribution >= 0.6 is 0 Å². The molecule has 0 aromatic heterocycles. The molecule has 1 saturated heterocycles. The number of rotatable bonds is 5. The molecule has 114 valence electrons. The third-order valence-corrected chi connectivity index (χ3v) is 3.79. The van der Waals surface area contributed by atoms with Crippen molar-refractivity contribution in [3.8, 4) is 11.5 Å². The van der Waals surface area contributed by atoms with Crippen LogP contribution in [0.25, 0.3) is 0 Å². The zero-order valence-electron chi connectivity index (χ0n) is 11.9. The molecule has 1 amide bonds. The van der Waals surface area contributed by atoms with E-state index in [0.29, 0.717) is 19.5 Å². The Hall–Kier alpha value is -2.24. The van der Waals surface area contributed by atoms with E-state index in [0.717, 1.165) is 6.42 Å². The number of benzene rings is 1. The fourth-order valence-electron chi connectivity index (χ4n) is 2.61. The van der Waals surface area contributed by atoms with Gasteiger partial charge >= 0.3 is 5.97 Å². The van der Waals surface area contributed by atoms with E-state index in [1.54, 1.807) is 23.1 Å². The Labute approximate surface area is 122 Å². The molecule has 0 aliphatic carbocycles. The fraction of sp³-hybridized carbons (Fsp3) is 0.467. The Morgan fingerprint density at radius 2 is 2.19 bits per heavy atom. The molecular formula is C15H19NO5. The largest absolute Gasteiger partial charge is 0.504 e. The fourth-order valence-corrected chi connectivity index (χ4v) is 2.61. The van der Waals surface area contributed by atoms with Gasteiger partial charge in [0.1, 0.15) is 0 Å². The second-order valence-electron chi connectivity index (χ2n) is 5.19. The van der Waals surface area contributed by atoms with E-state index in [2.05, 4.69) is 0 Å². The summed E-state index contributed by atoms with van der Waals surface area (Å²) >= 11 is 0. The highest BCUT2D eigenvalue weighted by molar-refractivity contribution is 5.97. The van der Waals surface area contributed by atoms with Crippen LogP contribution in [0.2, 0.25) is 0 Å². The molecule has 1 aromatic rings. The standard InChI is InChI=1S/C15H19NO5/c1-21-12-4-2-3-11(14(12)19)15(20)16-8-7-10(9-16)5-6-13(17)18/h2-4,10,19H,5-9H2,1H3,(H,17,18). The van der Waals surface area contributed by atoms with E-state index < -0.39 is 5.97 Å². The number of phenolic OH excluding ortho intramolecular Hbond substituents is 1. The number of para-hydroxylation sites is 1. The number of hydrogen-bond donors (Lipinski definition) is 2. The molecule has 21 heavy (non-hydrogen) atoms. The third-order valence-electron chi connectivity index (χ3n) is 3.79. The number of amides is 1. The number of likely N-dealkylation sites (tertiary alicyclic amines) is 1. The molecule has 1 heterocycles. The highest BCUT2D eigenvalue weighted by atomic mass is 16.5. The summed E-state index contributed by atoms with van der Waals surface area (Å²) in [5, 5.41) is 18.7. The summed E-state index contributed by atoms with van der Waals surface area (Å²) in [7, 11) is 1.43. The summed E-state index contributed by atoms with van der Waals surface area (Å²) in [4.78, 5) is 24.6. The molecule has 2 rings (SSSR count). The van der Waals surface area contributed by atoms with Gasteiger partial charge in [-0.1, -0.05) is 6.07 Å². The molecule has 0 saturated carbocycles.